The average Bonchev–Trinajstić information content (AvgIpc) is 3.82. The van der Waals surface area contributed by atoms with Crippen molar-refractivity contribution in [3.63, 3.8) is 0 Å². The Labute approximate surface area is 299 Å². The molecule has 0 aromatic carbocycles. The second kappa shape index (κ2) is 17.5. The van der Waals surface area contributed by atoms with Gasteiger partial charge in [-0.2, -0.15) is 0 Å². The molecule has 286 valence electrons. The number of ether oxygens (including phenoxy) is 4. The number of piperidine rings is 1. The maximum absolute atomic E-state index is 14.4. The number of rotatable bonds is 15. The van der Waals surface area contributed by atoms with E-state index in [2.05, 4.69) is 5.32 Å². The lowest BCUT2D eigenvalue weighted by atomic mass is 9.89. The smallest absolute Gasteiger partial charge is 0.411 e. The molecule has 2 bridgehead atoms. The first-order valence-corrected chi connectivity index (χ1v) is 18.4. The van der Waals surface area contributed by atoms with Gasteiger partial charge in [-0.3, -0.25) is 24.1 Å². The fourth-order valence-electron chi connectivity index (χ4n) is 8.35. The van der Waals surface area contributed by atoms with Crippen LogP contribution >= 0.6 is 0 Å². The van der Waals surface area contributed by atoms with Crippen LogP contribution in [0.4, 0.5) is 4.79 Å². The van der Waals surface area contributed by atoms with Crippen LogP contribution in [0.25, 0.3) is 0 Å². The second-order valence-corrected chi connectivity index (χ2v) is 15.9. The van der Waals surface area contributed by atoms with Crippen molar-refractivity contribution >= 4 is 29.8 Å². The minimum atomic E-state index is -0.864. The molecular formula is C37H64N4O9. The quantitative estimate of drug-likeness (QED) is 0.250. The van der Waals surface area contributed by atoms with E-state index in [9.17, 15) is 24.0 Å². The number of fused-ring (bicyclic) bond motifs is 2. The van der Waals surface area contributed by atoms with Crippen LogP contribution in [0.2, 0.25) is 0 Å². The molecule has 1 N–H and O–H groups in total. The molecule has 3 aliphatic rings. The van der Waals surface area contributed by atoms with Crippen molar-refractivity contribution in [1.82, 2.24) is 20.0 Å². The van der Waals surface area contributed by atoms with Gasteiger partial charge < -0.3 is 34.1 Å². The van der Waals surface area contributed by atoms with Crippen LogP contribution < -0.4 is 5.32 Å². The first-order valence-electron chi connectivity index (χ1n) is 18.4. The Morgan fingerprint density at radius 3 is 2.16 bits per heavy atom. The summed E-state index contributed by atoms with van der Waals surface area (Å²) in [5.74, 6) is -2.02. The molecule has 1 saturated carbocycles. The van der Waals surface area contributed by atoms with Crippen LogP contribution in [0.1, 0.15) is 100 Å². The number of likely N-dealkylation sites (N-methyl/N-ethyl adjacent to an activating group) is 1. The van der Waals surface area contributed by atoms with Crippen LogP contribution in [-0.4, -0.2) is 127 Å². The van der Waals surface area contributed by atoms with Crippen LogP contribution in [-0.2, 0) is 38.1 Å². The predicted octanol–water partition coefficient (Wildman–Crippen LogP) is 4.01. The van der Waals surface area contributed by atoms with Gasteiger partial charge in [0.1, 0.15) is 17.7 Å². The van der Waals surface area contributed by atoms with Crippen molar-refractivity contribution in [3.8, 4) is 0 Å². The van der Waals surface area contributed by atoms with E-state index < -0.39 is 53.9 Å². The highest BCUT2D eigenvalue weighted by atomic mass is 16.6. The summed E-state index contributed by atoms with van der Waals surface area (Å²) in [5.41, 5.74) is -0.702. The molecule has 50 heavy (non-hydrogen) atoms. The van der Waals surface area contributed by atoms with Crippen LogP contribution in [0.15, 0.2) is 0 Å². The molecule has 2 aliphatic heterocycles. The number of carbonyl (C=O) groups is 5. The summed E-state index contributed by atoms with van der Waals surface area (Å²) in [5, 5.41) is 3.03. The van der Waals surface area contributed by atoms with Crippen molar-refractivity contribution in [3.05, 3.63) is 0 Å². The van der Waals surface area contributed by atoms with Gasteiger partial charge in [0.15, 0.2) is 0 Å². The zero-order valence-corrected chi connectivity index (χ0v) is 32.5. The van der Waals surface area contributed by atoms with E-state index in [0.29, 0.717) is 13.0 Å². The molecule has 2 saturated heterocycles. The maximum Gasteiger partial charge on any atom is 0.411 e. The zero-order valence-electron chi connectivity index (χ0n) is 32.5. The Morgan fingerprint density at radius 1 is 0.960 bits per heavy atom. The van der Waals surface area contributed by atoms with E-state index in [0.717, 1.165) is 32.1 Å². The van der Waals surface area contributed by atoms with Crippen LogP contribution in [0.3, 0.4) is 0 Å². The molecule has 0 aromatic rings. The van der Waals surface area contributed by atoms with Crippen LogP contribution in [0, 0.1) is 23.7 Å². The number of carbonyl (C=O) groups excluding carboxylic acids is 5. The van der Waals surface area contributed by atoms with E-state index in [1.165, 1.54) is 7.11 Å². The lowest BCUT2D eigenvalue weighted by Crippen LogP contribution is -2.61. The van der Waals surface area contributed by atoms with E-state index in [4.69, 9.17) is 18.9 Å². The molecule has 3 rings (SSSR count). The standard InChI is InChI=1S/C37H64N4O9/c1-13-22(4)30(27(47-10)20-28(42)40-18-14-15-26(40)32(48-11)23(5)35(45)49-12)39(9)34(44)29(21(2)3)38-33(43)31-24-16-17-25(19-24)41(31)36(46)50-37(6,7)8/h21-27,29-32H,13-20H2,1-12H3,(H,38,43)/t22-,23+,24-,25+,26?,27+,29?,30-,31-,32+/m0/s1. The third-order valence-electron chi connectivity index (χ3n) is 11.1. The molecule has 0 radical (unpaired) electrons. The summed E-state index contributed by atoms with van der Waals surface area (Å²) in [6.45, 7) is 15.5. The van der Waals surface area contributed by atoms with Gasteiger partial charge in [-0.25, -0.2) is 4.79 Å². The number of amides is 4. The molecule has 2 heterocycles. The topological polar surface area (TPSA) is 144 Å². The Morgan fingerprint density at radius 2 is 1.62 bits per heavy atom. The number of nitrogens with zero attached hydrogens (tertiary/aromatic N) is 3. The number of hydrogen-bond donors (Lipinski definition) is 1. The first kappa shape index (κ1) is 41.5. The van der Waals surface area contributed by atoms with Crippen molar-refractivity contribution in [2.24, 2.45) is 23.7 Å². The summed E-state index contributed by atoms with van der Waals surface area (Å²) in [6.07, 6.45) is 2.95. The summed E-state index contributed by atoms with van der Waals surface area (Å²) >= 11 is 0. The van der Waals surface area contributed by atoms with E-state index in [1.807, 2.05) is 27.7 Å². The van der Waals surface area contributed by atoms with Crippen molar-refractivity contribution < 1.29 is 42.9 Å². The molecule has 10 atom stereocenters. The van der Waals surface area contributed by atoms with Gasteiger partial charge in [0, 0.05) is 33.9 Å². The number of nitrogens with one attached hydrogen (secondary N) is 1. The number of methoxy groups -OCH3 is 3. The third-order valence-corrected chi connectivity index (χ3v) is 11.1. The normalized spacial score (nSPS) is 25.5. The minimum absolute atomic E-state index is 0.00707. The van der Waals surface area contributed by atoms with E-state index >= 15 is 0 Å². The summed E-state index contributed by atoms with van der Waals surface area (Å²) in [7, 11) is 6.14. The van der Waals surface area contributed by atoms with Crippen LogP contribution in [0.5, 0.6) is 0 Å². The molecule has 3 fully saturated rings. The number of hydrogen-bond acceptors (Lipinski definition) is 9. The molecule has 0 aromatic heterocycles. The zero-order chi connectivity index (χ0) is 37.7. The SMILES string of the molecule is CC[C@H](C)[C@@H]([C@@H](CC(=O)N1CCCC1[C@H](OC)[C@@H](C)C(=O)OC)OC)N(C)C(=O)C(NC(=O)[C@@H]1[C@H]2CC[C@H](C2)N1C(=O)OC(C)(C)C)C(C)C. The number of likely N-dealkylation sites (tertiary alicyclic amines) is 2. The summed E-state index contributed by atoms with van der Waals surface area (Å²) in [6, 6.07) is -2.41. The fourth-order valence-corrected chi connectivity index (χ4v) is 8.35. The Balaban J connectivity index is 1.81. The Bertz CT molecular complexity index is 1210. The van der Waals surface area contributed by atoms with E-state index in [-0.39, 0.29) is 54.0 Å². The molecule has 13 nitrogen and oxygen atoms in total. The highest BCUT2D eigenvalue weighted by Gasteiger charge is 2.53. The highest BCUT2D eigenvalue weighted by molar-refractivity contribution is 5.92. The monoisotopic (exact) mass is 708 g/mol. The lowest BCUT2D eigenvalue weighted by molar-refractivity contribution is -0.154. The maximum atomic E-state index is 14.4. The van der Waals surface area contributed by atoms with Gasteiger partial charge in [-0.05, 0) is 77.6 Å². The van der Waals surface area contributed by atoms with Crippen molar-refractivity contribution in [2.75, 3.05) is 34.9 Å². The van der Waals surface area contributed by atoms with E-state index in [1.54, 1.807) is 63.7 Å². The summed E-state index contributed by atoms with van der Waals surface area (Å²) in [4.78, 5) is 72.9. The van der Waals surface area contributed by atoms with Gasteiger partial charge in [0.25, 0.3) is 0 Å². The molecule has 13 heteroatoms. The molecule has 2 unspecified atom stereocenters. The van der Waals surface area contributed by atoms with Crippen molar-refractivity contribution in [1.29, 1.82) is 0 Å². The fraction of sp³-hybridized carbons (Fsp3) is 0.865. The summed E-state index contributed by atoms with van der Waals surface area (Å²) < 4.78 is 22.4. The third kappa shape index (κ3) is 9.29. The molecular weight excluding hydrogens is 644 g/mol. The number of esters is 1. The van der Waals surface area contributed by atoms with Gasteiger partial charge in [0.2, 0.25) is 17.7 Å². The lowest BCUT2D eigenvalue weighted by Gasteiger charge is -2.41. The van der Waals surface area contributed by atoms with Gasteiger partial charge >= 0.3 is 12.1 Å². The Kier molecular flexibility index (Phi) is 14.5. The molecule has 1 aliphatic carbocycles. The highest BCUT2D eigenvalue weighted by Crippen LogP contribution is 2.43. The average molecular weight is 709 g/mol. The van der Waals surface area contributed by atoms with Gasteiger partial charge in [-0.1, -0.05) is 34.1 Å². The first-order chi connectivity index (χ1) is 23.4. The predicted molar refractivity (Wildman–Crippen MR) is 188 cm³/mol. The molecule has 0 spiro atoms. The second-order valence-electron chi connectivity index (χ2n) is 15.9. The minimum Gasteiger partial charge on any atom is -0.469 e. The molecule has 4 amide bonds. The van der Waals surface area contributed by atoms with Crippen molar-refractivity contribution in [2.45, 2.75) is 148 Å². The van der Waals surface area contributed by atoms with Gasteiger partial charge in [-0.15, -0.1) is 0 Å². The Hall–Kier alpha value is -2.93. The van der Waals surface area contributed by atoms with Gasteiger partial charge in [0.05, 0.1) is 43.7 Å². The largest absolute Gasteiger partial charge is 0.469 e.